The number of likely N-dealkylation sites (tertiary alicyclic amines) is 1. The van der Waals surface area contributed by atoms with Crippen molar-refractivity contribution in [1.82, 2.24) is 4.90 Å². The van der Waals surface area contributed by atoms with E-state index in [0.29, 0.717) is 17.8 Å². The summed E-state index contributed by atoms with van der Waals surface area (Å²) in [5.74, 6) is -0.510. The highest BCUT2D eigenvalue weighted by atomic mass is 32.1. The minimum absolute atomic E-state index is 0.120. The van der Waals surface area contributed by atoms with Crippen LogP contribution in [-0.4, -0.2) is 49.7 Å². The molecule has 0 saturated carbocycles. The van der Waals surface area contributed by atoms with Crippen LogP contribution in [0.2, 0.25) is 0 Å². The van der Waals surface area contributed by atoms with Gasteiger partial charge in [-0.15, -0.1) is 11.3 Å². The van der Waals surface area contributed by atoms with Crippen molar-refractivity contribution in [2.75, 3.05) is 20.8 Å². The number of hydrogen-bond acceptors (Lipinski definition) is 5. The Morgan fingerprint density at radius 1 is 1.35 bits per heavy atom. The number of ether oxygens (including phenoxy) is 2. The largest absolute Gasteiger partial charge is 0.467 e. The maximum atomic E-state index is 12.6. The van der Waals surface area contributed by atoms with Crippen LogP contribution in [0.25, 0.3) is 0 Å². The highest BCUT2D eigenvalue weighted by molar-refractivity contribution is 7.14. The lowest BCUT2D eigenvalue weighted by molar-refractivity contribution is -0.145. The fraction of sp³-hybridized carbons (Fsp3) is 0.571. The van der Waals surface area contributed by atoms with Crippen LogP contribution in [-0.2, 0) is 14.3 Å². The molecule has 1 saturated heterocycles. The number of nitrogens with zero attached hydrogens (tertiary/aromatic N) is 1. The maximum absolute atomic E-state index is 12.6. The number of hydrogen-bond donors (Lipinski definition) is 0. The third-order valence-electron chi connectivity index (χ3n) is 3.71. The van der Waals surface area contributed by atoms with E-state index in [0.717, 1.165) is 10.4 Å². The lowest BCUT2D eigenvalue weighted by Gasteiger charge is -2.21. The first-order chi connectivity index (χ1) is 9.47. The van der Waals surface area contributed by atoms with Crippen LogP contribution in [0, 0.1) is 13.8 Å². The van der Waals surface area contributed by atoms with Gasteiger partial charge >= 0.3 is 5.97 Å². The van der Waals surface area contributed by atoms with Crippen molar-refractivity contribution in [2.24, 2.45) is 0 Å². The van der Waals surface area contributed by atoms with Crippen LogP contribution in [0.3, 0.4) is 0 Å². The zero-order chi connectivity index (χ0) is 14.9. The Morgan fingerprint density at radius 2 is 2.05 bits per heavy atom. The molecule has 5 nitrogen and oxygen atoms in total. The Balaban J connectivity index is 2.24. The summed E-state index contributed by atoms with van der Waals surface area (Å²) in [7, 11) is 2.93. The van der Waals surface area contributed by atoms with E-state index in [2.05, 4.69) is 0 Å². The lowest BCUT2D eigenvalue weighted by atomic mass is 10.2. The van der Waals surface area contributed by atoms with Crippen molar-refractivity contribution in [3.63, 3.8) is 0 Å². The highest BCUT2D eigenvalue weighted by Crippen LogP contribution is 2.27. The van der Waals surface area contributed by atoms with Gasteiger partial charge in [-0.2, -0.15) is 0 Å². The summed E-state index contributed by atoms with van der Waals surface area (Å²) in [6.07, 6.45) is 0.364. The lowest BCUT2D eigenvalue weighted by Crippen LogP contribution is -2.41. The molecular weight excluding hydrogens is 278 g/mol. The molecule has 0 radical (unpaired) electrons. The summed E-state index contributed by atoms with van der Waals surface area (Å²) in [5.41, 5.74) is 1.09. The Hall–Kier alpha value is -1.40. The Kier molecular flexibility index (Phi) is 4.45. The van der Waals surface area contributed by atoms with Gasteiger partial charge in [-0.1, -0.05) is 0 Å². The van der Waals surface area contributed by atoms with E-state index in [9.17, 15) is 9.59 Å². The van der Waals surface area contributed by atoms with Crippen molar-refractivity contribution < 1.29 is 19.1 Å². The van der Waals surface area contributed by atoms with E-state index in [-0.39, 0.29) is 18.0 Å². The van der Waals surface area contributed by atoms with Gasteiger partial charge in [-0.05, 0) is 25.5 Å². The summed E-state index contributed by atoms with van der Waals surface area (Å²) in [6, 6.07) is 1.32. The average molecular weight is 297 g/mol. The van der Waals surface area contributed by atoms with Gasteiger partial charge in [0.05, 0.1) is 18.1 Å². The first kappa shape index (κ1) is 15.0. The number of esters is 1. The molecule has 2 heterocycles. The topological polar surface area (TPSA) is 55.8 Å². The van der Waals surface area contributed by atoms with E-state index >= 15 is 0 Å². The molecule has 2 rings (SSSR count). The van der Waals surface area contributed by atoms with E-state index < -0.39 is 6.04 Å². The van der Waals surface area contributed by atoms with Gasteiger partial charge in [-0.25, -0.2) is 4.79 Å². The molecule has 0 N–H and O–H groups in total. The van der Waals surface area contributed by atoms with Gasteiger partial charge < -0.3 is 14.4 Å². The molecule has 6 heteroatoms. The highest BCUT2D eigenvalue weighted by Gasteiger charge is 2.41. The van der Waals surface area contributed by atoms with Gasteiger partial charge in [0.1, 0.15) is 6.04 Å². The summed E-state index contributed by atoms with van der Waals surface area (Å²) in [5, 5.41) is 0. The minimum atomic E-state index is -0.555. The zero-order valence-corrected chi connectivity index (χ0v) is 13.0. The van der Waals surface area contributed by atoms with Crippen molar-refractivity contribution in [1.29, 1.82) is 0 Å². The van der Waals surface area contributed by atoms with E-state index in [1.807, 2.05) is 19.9 Å². The Labute approximate surface area is 122 Å². The predicted molar refractivity (Wildman–Crippen MR) is 76.0 cm³/mol. The van der Waals surface area contributed by atoms with Gasteiger partial charge in [0.15, 0.2) is 0 Å². The third kappa shape index (κ3) is 2.71. The quantitative estimate of drug-likeness (QED) is 0.798. The molecule has 0 bridgehead atoms. The van der Waals surface area contributed by atoms with Crippen LogP contribution in [0.4, 0.5) is 0 Å². The van der Waals surface area contributed by atoms with E-state index in [1.165, 1.54) is 18.4 Å². The molecule has 2 unspecified atom stereocenters. The molecule has 1 aliphatic heterocycles. The monoisotopic (exact) mass is 297 g/mol. The van der Waals surface area contributed by atoms with E-state index in [4.69, 9.17) is 9.47 Å². The third-order valence-corrected chi connectivity index (χ3v) is 4.85. The van der Waals surface area contributed by atoms with Gasteiger partial charge in [0, 0.05) is 25.0 Å². The van der Waals surface area contributed by atoms with Crippen LogP contribution >= 0.6 is 11.3 Å². The van der Waals surface area contributed by atoms with Crippen LogP contribution in [0.15, 0.2) is 6.07 Å². The van der Waals surface area contributed by atoms with Crippen LogP contribution in [0.1, 0.15) is 26.5 Å². The molecule has 20 heavy (non-hydrogen) atoms. The smallest absolute Gasteiger partial charge is 0.328 e. The fourth-order valence-corrected chi connectivity index (χ4v) is 3.36. The molecule has 110 valence electrons. The summed E-state index contributed by atoms with van der Waals surface area (Å²) >= 11 is 1.46. The average Bonchev–Trinajstić information content (AvgIpc) is 3.01. The first-order valence-electron chi connectivity index (χ1n) is 6.46. The van der Waals surface area contributed by atoms with Crippen molar-refractivity contribution in [3.8, 4) is 0 Å². The fourth-order valence-electron chi connectivity index (χ4n) is 2.37. The molecule has 0 spiro atoms. The van der Waals surface area contributed by atoms with Crippen molar-refractivity contribution in [2.45, 2.75) is 32.4 Å². The Bertz CT molecular complexity index is 506. The second-order valence-corrected chi connectivity index (χ2v) is 6.20. The first-order valence-corrected chi connectivity index (χ1v) is 7.28. The van der Waals surface area contributed by atoms with Crippen molar-refractivity contribution >= 4 is 23.2 Å². The maximum Gasteiger partial charge on any atom is 0.328 e. The number of carbonyl (C=O) groups is 2. The molecule has 2 atom stereocenters. The molecule has 1 aliphatic rings. The molecule has 1 aromatic rings. The zero-order valence-electron chi connectivity index (χ0n) is 12.1. The molecule has 0 aromatic carbocycles. The van der Waals surface area contributed by atoms with Crippen LogP contribution in [0.5, 0.6) is 0 Å². The van der Waals surface area contributed by atoms with Gasteiger partial charge in [-0.3, -0.25) is 4.79 Å². The minimum Gasteiger partial charge on any atom is -0.467 e. The second-order valence-electron chi connectivity index (χ2n) is 4.94. The summed E-state index contributed by atoms with van der Waals surface area (Å²) < 4.78 is 10.1. The number of carbonyl (C=O) groups excluding carboxylic acids is 2. The molecule has 0 aliphatic carbocycles. The summed E-state index contributed by atoms with van der Waals surface area (Å²) in [4.78, 5) is 27.7. The normalized spacial score (nSPS) is 22.1. The molecular formula is C14H19NO4S. The van der Waals surface area contributed by atoms with Crippen molar-refractivity contribution in [3.05, 3.63) is 21.4 Å². The number of rotatable bonds is 3. The molecule has 1 aromatic heterocycles. The number of thiophene rings is 1. The van der Waals surface area contributed by atoms with E-state index in [1.54, 1.807) is 12.0 Å². The number of amides is 1. The predicted octanol–water partition coefficient (Wildman–Crippen LogP) is 1.77. The summed E-state index contributed by atoms with van der Waals surface area (Å²) in [6.45, 7) is 4.38. The number of aryl methyl sites for hydroxylation is 2. The SMILES string of the molecule is COC(=O)C1CC(OC)CN1C(=O)c1cc(C)c(C)s1. The van der Waals surface area contributed by atoms with Gasteiger partial charge in [0.2, 0.25) is 0 Å². The molecule has 1 fully saturated rings. The van der Waals surface area contributed by atoms with Gasteiger partial charge in [0.25, 0.3) is 5.91 Å². The standard InChI is InChI=1S/C14H19NO4S/c1-8-5-12(20-9(8)2)13(16)15-7-10(18-3)6-11(15)14(17)19-4/h5,10-11H,6-7H2,1-4H3. The Morgan fingerprint density at radius 3 is 2.55 bits per heavy atom. The second kappa shape index (κ2) is 5.93. The number of methoxy groups -OCH3 is 2. The van der Waals surface area contributed by atoms with Crippen LogP contribution < -0.4 is 0 Å². The molecule has 1 amide bonds.